The fourth-order valence-corrected chi connectivity index (χ4v) is 8.46. The third kappa shape index (κ3) is 7.78. The Hall–Kier alpha value is -3.39. The number of hydrogen-bond donors (Lipinski definition) is 1. The number of anilines is 1. The van der Waals surface area contributed by atoms with E-state index < -0.39 is 17.6 Å². The quantitative estimate of drug-likeness (QED) is 0.218. The van der Waals surface area contributed by atoms with Crippen LogP contribution in [0.15, 0.2) is 47.1 Å². The predicted molar refractivity (Wildman–Crippen MR) is 194 cm³/mol. The first-order valence-electron chi connectivity index (χ1n) is 18.7. The van der Waals surface area contributed by atoms with E-state index in [1.807, 2.05) is 13.0 Å². The number of likely N-dealkylation sites (tertiary alicyclic amines) is 2. The van der Waals surface area contributed by atoms with E-state index in [0.29, 0.717) is 80.9 Å². The fourth-order valence-electron chi connectivity index (χ4n) is 8.23. The van der Waals surface area contributed by atoms with Gasteiger partial charge in [0.15, 0.2) is 5.78 Å². The number of fused-ring (bicyclic) bond motifs is 1. The van der Waals surface area contributed by atoms with Gasteiger partial charge in [0, 0.05) is 57.6 Å². The molecule has 4 heterocycles. The average molecular weight is 739 g/mol. The molecule has 2 aromatic carbocycles. The molecular formula is C39H48ClFN4O7. The number of benzene rings is 2. The normalized spacial score (nSPS) is 23.3. The Bertz CT molecular complexity index is 1750. The molecule has 1 N–H and O–H groups in total. The number of nitrogens with one attached hydrogen (secondary N) is 1. The second kappa shape index (κ2) is 16.3. The lowest BCUT2D eigenvalue weighted by Gasteiger charge is -2.56. The van der Waals surface area contributed by atoms with Gasteiger partial charge in [0.05, 0.1) is 48.1 Å². The highest BCUT2D eigenvalue weighted by atomic mass is 35.5. The lowest BCUT2D eigenvalue weighted by molar-refractivity contribution is -0.276. The van der Waals surface area contributed by atoms with E-state index in [2.05, 4.69) is 20.0 Å². The molecule has 0 spiro atoms. The molecule has 3 aromatic rings. The zero-order valence-electron chi connectivity index (χ0n) is 29.7. The number of halogens is 2. The number of carbonyl (C=O) groups is 3. The number of esters is 1. The minimum absolute atomic E-state index is 0.0970. The molecule has 3 aliphatic heterocycles. The first-order valence-corrected chi connectivity index (χ1v) is 19.1. The van der Waals surface area contributed by atoms with E-state index in [1.54, 1.807) is 18.2 Å². The van der Waals surface area contributed by atoms with Crippen molar-refractivity contribution in [2.45, 2.75) is 63.8 Å². The molecule has 1 aliphatic carbocycles. The number of ketones is 1. The van der Waals surface area contributed by atoms with Gasteiger partial charge in [-0.1, -0.05) is 29.8 Å². The zero-order chi connectivity index (χ0) is 36.2. The summed E-state index contributed by atoms with van der Waals surface area (Å²) >= 11 is 6.66. The highest BCUT2D eigenvalue weighted by molar-refractivity contribution is 6.34. The van der Waals surface area contributed by atoms with E-state index in [4.69, 9.17) is 30.2 Å². The number of Topliss-reactive ketones (excluding diaryl/α,β-unsaturated/α-hetero) is 1. The van der Waals surface area contributed by atoms with Crippen LogP contribution in [0, 0.1) is 17.7 Å². The molecule has 0 bridgehead atoms. The van der Waals surface area contributed by atoms with Crippen molar-refractivity contribution in [2.24, 2.45) is 11.8 Å². The number of morpholine rings is 1. The first-order chi connectivity index (χ1) is 25.2. The van der Waals surface area contributed by atoms with Gasteiger partial charge in [-0.25, -0.2) is 4.39 Å². The van der Waals surface area contributed by atoms with Gasteiger partial charge in [0.1, 0.15) is 17.7 Å². The van der Waals surface area contributed by atoms with Crippen molar-refractivity contribution < 1.29 is 37.4 Å². The van der Waals surface area contributed by atoms with E-state index >= 15 is 4.39 Å². The highest BCUT2D eigenvalue weighted by Gasteiger charge is 2.56. The molecule has 1 amide bonds. The van der Waals surface area contributed by atoms with Crippen molar-refractivity contribution >= 4 is 45.9 Å². The van der Waals surface area contributed by atoms with Crippen molar-refractivity contribution in [1.82, 2.24) is 14.7 Å². The Labute approximate surface area is 308 Å². The SMILES string of the molecule is CCOC(=O)C1CCC(OC(C(=O)Cc2cc(Cl)c(NC(=O)c3coc4ccccc34)cc2F)(N2CCCC2)N2CC(CN3CCOCC3)C2)CC1. The lowest BCUT2D eigenvalue weighted by atomic mass is 9.87. The van der Waals surface area contributed by atoms with Crippen LogP contribution in [0.2, 0.25) is 5.02 Å². The van der Waals surface area contributed by atoms with Gasteiger partial charge in [-0.2, -0.15) is 0 Å². The van der Waals surface area contributed by atoms with Crippen LogP contribution in [0.3, 0.4) is 0 Å². The summed E-state index contributed by atoms with van der Waals surface area (Å²) in [6.45, 7) is 9.02. The smallest absolute Gasteiger partial charge is 0.308 e. The topological polar surface area (TPSA) is 114 Å². The van der Waals surface area contributed by atoms with Gasteiger partial charge >= 0.3 is 5.97 Å². The summed E-state index contributed by atoms with van der Waals surface area (Å²) in [4.78, 5) is 47.3. The summed E-state index contributed by atoms with van der Waals surface area (Å²) in [5, 5.41) is 3.45. The monoisotopic (exact) mass is 738 g/mol. The number of hydrogen-bond acceptors (Lipinski definition) is 10. The van der Waals surface area contributed by atoms with Crippen molar-refractivity contribution in [3.8, 4) is 0 Å². The molecule has 13 heteroatoms. The van der Waals surface area contributed by atoms with Gasteiger partial charge in [0.2, 0.25) is 5.85 Å². The van der Waals surface area contributed by atoms with Crippen molar-refractivity contribution in [2.75, 3.05) is 71.0 Å². The largest absolute Gasteiger partial charge is 0.466 e. The Balaban J connectivity index is 1.12. The summed E-state index contributed by atoms with van der Waals surface area (Å²) in [5.74, 6) is -2.76. The summed E-state index contributed by atoms with van der Waals surface area (Å²) in [6.07, 6.45) is 5.22. The lowest BCUT2D eigenvalue weighted by Crippen LogP contribution is -2.73. The third-order valence-corrected chi connectivity index (χ3v) is 11.3. The number of rotatable bonds is 13. The summed E-state index contributed by atoms with van der Waals surface area (Å²) in [7, 11) is 0. The molecular weight excluding hydrogens is 691 g/mol. The molecule has 1 unspecified atom stereocenters. The predicted octanol–water partition coefficient (Wildman–Crippen LogP) is 5.74. The first kappa shape index (κ1) is 36.9. The average Bonchev–Trinajstić information content (AvgIpc) is 3.83. The molecule has 1 aromatic heterocycles. The van der Waals surface area contributed by atoms with Crippen LogP contribution < -0.4 is 5.32 Å². The van der Waals surface area contributed by atoms with E-state index in [9.17, 15) is 14.4 Å². The Kier molecular flexibility index (Phi) is 11.6. The molecule has 1 saturated carbocycles. The van der Waals surface area contributed by atoms with Crippen LogP contribution in [-0.4, -0.2) is 110 Å². The van der Waals surface area contributed by atoms with Gasteiger partial charge in [0.25, 0.3) is 5.91 Å². The Morgan fingerprint density at radius 2 is 1.73 bits per heavy atom. The molecule has 4 aliphatic rings. The molecule has 3 saturated heterocycles. The number of carbonyl (C=O) groups excluding carboxylic acids is 3. The number of para-hydroxylation sites is 1. The number of amides is 1. The number of ether oxygens (including phenoxy) is 3. The van der Waals surface area contributed by atoms with Gasteiger partial charge in [-0.3, -0.25) is 29.1 Å². The molecule has 52 heavy (non-hydrogen) atoms. The molecule has 4 fully saturated rings. The summed E-state index contributed by atoms with van der Waals surface area (Å²) in [6, 6.07) is 9.74. The van der Waals surface area contributed by atoms with Gasteiger partial charge in [-0.15, -0.1) is 0 Å². The van der Waals surface area contributed by atoms with Gasteiger partial charge in [-0.05, 0) is 75.1 Å². The standard InChI is InChI=1S/C39H48ClFN4O7/c1-2-50-38(48)27-9-11-29(12-10-27)52-39(44-13-5-6-14-44,45-23-26(24-45)22-43-15-17-49-18-16-43)36(46)20-28-19-32(40)34(21-33(28)41)42-37(47)31-25-51-35-8-4-3-7-30(31)35/h3-4,7-8,19,21,25-27,29H,2,5-6,9-18,20,22-24H2,1H3,(H,42,47). The maximum Gasteiger partial charge on any atom is 0.308 e. The van der Waals surface area contributed by atoms with Crippen LogP contribution >= 0.6 is 11.6 Å². The second-order valence-electron chi connectivity index (χ2n) is 14.5. The van der Waals surface area contributed by atoms with Crippen LogP contribution in [0.4, 0.5) is 10.1 Å². The zero-order valence-corrected chi connectivity index (χ0v) is 30.5. The molecule has 11 nitrogen and oxygen atoms in total. The molecule has 7 rings (SSSR count). The highest BCUT2D eigenvalue weighted by Crippen LogP contribution is 2.40. The van der Waals surface area contributed by atoms with Crippen molar-refractivity contribution in [1.29, 1.82) is 0 Å². The van der Waals surface area contributed by atoms with E-state index in [1.165, 1.54) is 18.4 Å². The maximum atomic E-state index is 16.0. The third-order valence-electron chi connectivity index (χ3n) is 11.0. The Morgan fingerprint density at radius 3 is 2.46 bits per heavy atom. The summed E-state index contributed by atoms with van der Waals surface area (Å²) < 4.78 is 39.3. The maximum absolute atomic E-state index is 16.0. The van der Waals surface area contributed by atoms with Crippen LogP contribution in [0.5, 0.6) is 0 Å². The van der Waals surface area contributed by atoms with Crippen molar-refractivity contribution in [3.63, 3.8) is 0 Å². The second-order valence-corrected chi connectivity index (χ2v) is 14.9. The number of nitrogens with zero attached hydrogens (tertiary/aromatic N) is 3. The number of furan rings is 1. The summed E-state index contributed by atoms with van der Waals surface area (Å²) in [5.41, 5.74) is 1.09. The minimum atomic E-state index is -1.38. The van der Waals surface area contributed by atoms with Gasteiger partial charge < -0.3 is 23.9 Å². The van der Waals surface area contributed by atoms with Crippen LogP contribution in [-0.2, 0) is 30.2 Å². The van der Waals surface area contributed by atoms with E-state index in [0.717, 1.165) is 45.7 Å². The minimum Gasteiger partial charge on any atom is -0.466 e. The Morgan fingerprint density at radius 1 is 1.00 bits per heavy atom. The van der Waals surface area contributed by atoms with Crippen LogP contribution in [0.25, 0.3) is 11.0 Å². The fraction of sp³-hybridized carbons (Fsp3) is 0.564. The molecule has 1 atom stereocenters. The van der Waals surface area contributed by atoms with E-state index in [-0.39, 0.29) is 46.5 Å². The van der Waals surface area contributed by atoms with Crippen molar-refractivity contribution in [3.05, 3.63) is 64.6 Å². The molecule has 0 radical (unpaired) electrons. The van der Waals surface area contributed by atoms with Crippen LogP contribution in [0.1, 0.15) is 61.4 Å². The molecule has 280 valence electrons.